The molecule has 0 bridgehead atoms. The number of aromatic nitrogens is 2. The van der Waals surface area contributed by atoms with Gasteiger partial charge in [0.15, 0.2) is 6.23 Å². The quantitative estimate of drug-likeness (QED) is 0.205. The second-order valence-corrected chi connectivity index (χ2v) is 11.0. The molecule has 1 fully saturated rings. The molecule has 2 heterocycles. The van der Waals surface area contributed by atoms with Crippen LogP contribution in [0.15, 0.2) is 52.5 Å². The van der Waals surface area contributed by atoms with Crippen molar-refractivity contribution >= 4 is 13.6 Å². The fourth-order valence-electron chi connectivity index (χ4n) is 4.27. The van der Waals surface area contributed by atoms with Crippen LogP contribution in [0.2, 0.25) is 0 Å². The Morgan fingerprint density at radius 3 is 2.50 bits per heavy atom. The minimum Gasteiger partial charge on any atom is -0.413 e. The summed E-state index contributed by atoms with van der Waals surface area (Å²) in [6, 6.07) is 9.55. The number of aliphatic hydroxyl groups is 1. The van der Waals surface area contributed by atoms with Crippen LogP contribution < -0.4 is 15.9 Å². The van der Waals surface area contributed by atoms with Crippen molar-refractivity contribution in [2.75, 3.05) is 12.3 Å². The zero-order valence-electron chi connectivity index (χ0n) is 20.8. The van der Waals surface area contributed by atoms with E-state index in [-0.39, 0.29) is 24.5 Å². The van der Waals surface area contributed by atoms with Crippen molar-refractivity contribution in [3.8, 4) is 5.75 Å². The first-order valence-electron chi connectivity index (χ1n) is 11.5. The molecule has 1 aromatic carbocycles. The van der Waals surface area contributed by atoms with E-state index in [9.17, 15) is 14.5 Å². The Hall–Kier alpha value is -2.92. The number of nitrogens with zero attached hydrogens (tertiary/aromatic N) is 6. The molecule has 0 aliphatic carbocycles. The van der Waals surface area contributed by atoms with E-state index in [1.807, 2.05) is 27.7 Å². The number of para-hydroxylation sites is 1. The molecule has 0 radical (unpaired) electrons. The van der Waals surface area contributed by atoms with Crippen molar-refractivity contribution in [1.82, 2.24) is 14.2 Å². The van der Waals surface area contributed by atoms with Crippen molar-refractivity contribution in [1.29, 1.82) is 0 Å². The van der Waals surface area contributed by atoms with E-state index in [1.54, 1.807) is 35.0 Å². The lowest BCUT2D eigenvalue weighted by atomic mass is 9.93. The first kappa shape index (κ1) is 27.7. The van der Waals surface area contributed by atoms with E-state index in [0.29, 0.717) is 5.75 Å². The van der Waals surface area contributed by atoms with Crippen LogP contribution in [0.5, 0.6) is 5.75 Å². The number of anilines is 1. The van der Waals surface area contributed by atoms with E-state index in [0.717, 1.165) is 4.57 Å². The molecule has 0 spiro atoms. The third kappa shape index (κ3) is 5.57. The average Bonchev–Trinajstić information content (AvgIpc) is 3.03. The summed E-state index contributed by atoms with van der Waals surface area (Å²) in [7, 11) is -3.97. The second kappa shape index (κ2) is 11.0. The highest BCUT2D eigenvalue weighted by atomic mass is 31.2. The topological polar surface area (TPSA) is 178 Å². The maximum atomic E-state index is 14.1. The lowest BCUT2D eigenvalue weighted by Crippen LogP contribution is -2.45. The first-order valence-corrected chi connectivity index (χ1v) is 12.9. The van der Waals surface area contributed by atoms with Crippen LogP contribution in [0.25, 0.3) is 10.4 Å². The van der Waals surface area contributed by atoms with Gasteiger partial charge in [0.05, 0.1) is 12.7 Å². The average molecular weight is 522 g/mol. The molecule has 196 valence electrons. The van der Waals surface area contributed by atoms with Crippen molar-refractivity contribution < 1.29 is 23.5 Å². The highest BCUT2D eigenvalue weighted by molar-refractivity contribution is 7.51. The summed E-state index contributed by atoms with van der Waals surface area (Å²) in [5.41, 5.74) is 12.4. The molecule has 1 saturated heterocycles. The molecule has 36 heavy (non-hydrogen) atoms. The Morgan fingerprint density at radius 1 is 1.31 bits per heavy atom. The van der Waals surface area contributed by atoms with E-state index >= 15 is 0 Å². The van der Waals surface area contributed by atoms with Crippen LogP contribution in [0.3, 0.4) is 0 Å². The summed E-state index contributed by atoms with van der Waals surface area (Å²) in [5, 5.41) is 14.8. The number of ether oxygens (including phenoxy) is 1. The van der Waals surface area contributed by atoms with E-state index in [4.69, 9.17) is 25.0 Å². The van der Waals surface area contributed by atoms with E-state index < -0.39 is 37.4 Å². The molecule has 13 nitrogen and oxygen atoms in total. The predicted molar refractivity (Wildman–Crippen MR) is 133 cm³/mol. The minimum absolute atomic E-state index is 0.00151. The Kier molecular flexibility index (Phi) is 8.45. The van der Waals surface area contributed by atoms with Crippen molar-refractivity contribution in [2.45, 2.75) is 70.7 Å². The van der Waals surface area contributed by atoms with Gasteiger partial charge in [0.2, 0.25) is 0 Å². The van der Waals surface area contributed by atoms with Crippen molar-refractivity contribution in [2.24, 2.45) is 5.11 Å². The zero-order valence-corrected chi connectivity index (χ0v) is 21.7. The molecule has 5 atom stereocenters. The third-order valence-corrected chi connectivity index (χ3v) is 8.23. The van der Waals surface area contributed by atoms with Gasteiger partial charge >= 0.3 is 13.4 Å². The normalized spacial score (nSPS) is 25.6. The summed E-state index contributed by atoms with van der Waals surface area (Å²) >= 11 is 0. The number of hydrogen-bond donors (Lipinski definition) is 2. The maximum absolute atomic E-state index is 14.1. The van der Waals surface area contributed by atoms with Crippen LogP contribution in [0, 0.1) is 0 Å². The molecular weight excluding hydrogens is 489 g/mol. The van der Waals surface area contributed by atoms with E-state index in [1.165, 1.54) is 19.2 Å². The molecule has 2 aromatic rings. The standard InChI is InChI=1S/C22H32N7O6P/c1-14(2)29(15(3)4)36(32,35-16-9-7-6-8-10-16)33-13-17-19(30)22(5,26-27-24)20(34-17)28-12-11-18(23)25-21(28)31/h6-12,14-15,17,19-20,30H,13H2,1-5H3,(H2,23,25,31)/t17-,19-,20-,22-,36?/m1/s1. The van der Waals surface area contributed by atoms with Gasteiger partial charge in [0.1, 0.15) is 23.2 Å². The van der Waals surface area contributed by atoms with Crippen molar-refractivity contribution in [3.63, 3.8) is 0 Å². The van der Waals surface area contributed by atoms with Gasteiger partial charge in [-0.15, -0.1) is 0 Å². The van der Waals surface area contributed by atoms with Crippen LogP contribution in [0.4, 0.5) is 5.82 Å². The molecule has 1 aliphatic heterocycles. The highest BCUT2D eigenvalue weighted by Gasteiger charge is 2.55. The fraction of sp³-hybridized carbons (Fsp3) is 0.545. The first-order chi connectivity index (χ1) is 16.9. The summed E-state index contributed by atoms with van der Waals surface area (Å²) < 4.78 is 34.5. The largest absolute Gasteiger partial charge is 0.461 e. The number of nitrogens with two attached hydrogens (primary N) is 1. The van der Waals surface area contributed by atoms with Gasteiger partial charge in [-0.2, -0.15) is 9.65 Å². The Morgan fingerprint density at radius 2 is 1.94 bits per heavy atom. The number of rotatable bonds is 10. The third-order valence-electron chi connectivity index (χ3n) is 5.83. The lowest BCUT2D eigenvalue weighted by molar-refractivity contribution is -0.0474. The molecule has 3 N–H and O–H groups in total. The van der Waals surface area contributed by atoms with Crippen molar-refractivity contribution in [3.05, 3.63) is 63.5 Å². The molecule has 1 unspecified atom stereocenters. The summed E-state index contributed by atoms with van der Waals surface area (Å²) in [5.74, 6) is 0.345. The lowest BCUT2D eigenvalue weighted by Gasteiger charge is -2.36. The monoisotopic (exact) mass is 521 g/mol. The molecule has 1 aromatic heterocycles. The number of hydrogen-bond acceptors (Lipinski definition) is 9. The second-order valence-electron chi connectivity index (χ2n) is 9.17. The van der Waals surface area contributed by atoms with Crippen LogP contribution in [-0.4, -0.2) is 55.8 Å². The van der Waals surface area contributed by atoms with Gasteiger partial charge in [0.25, 0.3) is 0 Å². The van der Waals surface area contributed by atoms with E-state index in [2.05, 4.69) is 15.0 Å². The maximum Gasteiger partial charge on any atom is 0.461 e. The molecule has 0 saturated carbocycles. The van der Waals surface area contributed by atoms with Gasteiger partial charge < -0.3 is 20.1 Å². The molecule has 0 amide bonds. The van der Waals surface area contributed by atoms with Crippen LogP contribution >= 0.6 is 7.75 Å². The van der Waals surface area contributed by atoms with Gasteiger partial charge in [0, 0.05) is 23.2 Å². The Bertz CT molecular complexity index is 1190. The van der Waals surface area contributed by atoms with Crippen LogP contribution in [-0.2, 0) is 13.8 Å². The smallest absolute Gasteiger partial charge is 0.413 e. The molecule has 14 heteroatoms. The molecular formula is C22H32N7O6P. The summed E-state index contributed by atoms with van der Waals surface area (Å²) in [6.45, 7) is 8.51. The minimum atomic E-state index is -3.97. The summed E-state index contributed by atoms with van der Waals surface area (Å²) in [6.07, 6.45) is -2.43. The highest BCUT2D eigenvalue weighted by Crippen LogP contribution is 2.55. The van der Waals surface area contributed by atoms with Crippen LogP contribution in [0.1, 0.15) is 40.8 Å². The molecule has 3 rings (SSSR count). The zero-order chi connectivity index (χ0) is 26.7. The number of azide groups is 1. The predicted octanol–water partition coefficient (Wildman–Crippen LogP) is 3.48. The number of nitrogen functional groups attached to an aromatic ring is 1. The molecule has 1 aliphatic rings. The van der Waals surface area contributed by atoms with Gasteiger partial charge in [-0.05, 0) is 58.3 Å². The number of aliphatic hydroxyl groups excluding tert-OH is 1. The van der Waals surface area contributed by atoms with Gasteiger partial charge in [-0.1, -0.05) is 23.3 Å². The Labute approximate surface area is 209 Å². The SMILES string of the molecule is CC(C)N(C(C)C)P(=O)(OC[C@H]1O[C@@H](n2ccc(N)nc2=O)[C@](C)(N=[N+]=[N-])[C@@H]1O)Oc1ccccc1. The fourth-order valence-corrected chi connectivity index (χ4v) is 6.41. The Balaban J connectivity index is 1.93. The van der Waals surface area contributed by atoms with Gasteiger partial charge in [-0.25, -0.2) is 9.36 Å². The van der Waals surface area contributed by atoms with Gasteiger partial charge in [-0.3, -0.25) is 9.09 Å². The summed E-state index contributed by atoms with van der Waals surface area (Å²) in [4.78, 5) is 19.0. The number of benzene rings is 1.